The Labute approximate surface area is 135 Å². The molecule has 0 radical (unpaired) electrons. The summed E-state index contributed by atoms with van der Waals surface area (Å²) in [6.45, 7) is 11.8. The Kier molecular flexibility index (Phi) is 5.90. The van der Waals surface area contributed by atoms with E-state index in [1.54, 1.807) is 0 Å². The molecule has 1 atom stereocenters. The zero-order valence-electron chi connectivity index (χ0n) is 14.5. The molecule has 1 unspecified atom stereocenters. The molecule has 0 aliphatic heterocycles. The Morgan fingerprint density at radius 3 is 2.43 bits per heavy atom. The van der Waals surface area contributed by atoms with Crippen molar-refractivity contribution in [1.29, 1.82) is 0 Å². The summed E-state index contributed by atoms with van der Waals surface area (Å²) in [4.78, 5) is 2.95. The summed E-state index contributed by atoms with van der Waals surface area (Å²) in [5, 5.41) is 3.87. The first kappa shape index (κ1) is 17.0. The fraction of sp³-hybridized carbons (Fsp3) is 0.789. The quantitative estimate of drug-likeness (QED) is 0.724. The molecule has 1 fully saturated rings. The molecule has 2 rings (SSSR count). The summed E-state index contributed by atoms with van der Waals surface area (Å²) in [7, 11) is 0. The number of rotatable bonds is 6. The minimum atomic E-state index is 0.533. The smallest absolute Gasteiger partial charge is 0.00896 e. The van der Waals surface area contributed by atoms with Crippen LogP contribution in [0.25, 0.3) is 0 Å². The molecule has 1 aliphatic rings. The molecule has 1 nitrogen and oxygen atoms in total. The lowest BCUT2D eigenvalue weighted by molar-refractivity contribution is 0.134. The first-order valence-electron chi connectivity index (χ1n) is 8.72. The van der Waals surface area contributed by atoms with E-state index in [2.05, 4.69) is 52.1 Å². The molecule has 0 saturated heterocycles. The van der Waals surface area contributed by atoms with Gasteiger partial charge in [-0.1, -0.05) is 27.2 Å². The van der Waals surface area contributed by atoms with Crippen LogP contribution in [0.3, 0.4) is 0 Å². The Morgan fingerprint density at radius 2 is 1.90 bits per heavy atom. The van der Waals surface area contributed by atoms with Gasteiger partial charge in [-0.25, -0.2) is 0 Å². The van der Waals surface area contributed by atoms with Crippen molar-refractivity contribution in [2.45, 2.75) is 85.2 Å². The normalized spacial score (nSPS) is 25.0. The van der Waals surface area contributed by atoms with Gasteiger partial charge in [-0.2, -0.15) is 0 Å². The predicted molar refractivity (Wildman–Crippen MR) is 95.2 cm³/mol. The topological polar surface area (TPSA) is 12.0 Å². The van der Waals surface area contributed by atoms with Crippen LogP contribution >= 0.6 is 11.3 Å². The summed E-state index contributed by atoms with van der Waals surface area (Å²) >= 11 is 1.94. The lowest BCUT2D eigenvalue weighted by atomic mass is 9.69. The van der Waals surface area contributed by atoms with Crippen molar-refractivity contribution in [2.75, 3.05) is 0 Å². The Balaban J connectivity index is 1.75. The molecule has 1 aromatic heterocycles. The van der Waals surface area contributed by atoms with Gasteiger partial charge in [0.2, 0.25) is 0 Å². The van der Waals surface area contributed by atoms with Crippen LogP contribution in [0.5, 0.6) is 0 Å². The second-order valence-electron chi connectivity index (χ2n) is 7.67. The molecular weight excluding hydrogens is 274 g/mol. The molecule has 120 valence electrons. The van der Waals surface area contributed by atoms with E-state index in [1.165, 1.54) is 48.3 Å². The highest BCUT2D eigenvalue weighted by molar-refractivity contribution is 7.11. The fourth-order valence-electron chi connectivity index (χ4n) is 3.69. The number of hydrogen-bond acceptors (Lipinski definition) is 2. The largest absolute Gasteiger partial charge is 0.311 e. The van der Waals surface area contributed by atoms with Crippen LogP contribution in [0.4, 0.5) is 0 Å². The van der Waals surface area contributed by atoms with E-state index < -0.39 is 0 Å². The van der Waals surface area contributed by atoms with Crippen LogP contribution in [-0.2, 0) is 6.42 Å². The Hall–Kier alpha value is -0.340. The van der Waals surface area contributed by atoms with Gasteiger partial charge in [0.15, 0.2) is 0 Å². The van der Waals surface area contributed by atoms with Crippen molar-refractivity contribution in [1.82, 2.24) is 5.32 Å². The summed E-state index contributed by atoms with van der Waals surface area (Å²) in [5.41, 5.74) is 0.533. The SMILES string of the molecule is CCC(C)(C)C1CCC(NC(C)Cc2ccc(C)s2)CC1. The van der Waals surface area contributed by atoms with Crippen molar-refractivity contribution < 1.29 is 0 Å². The van der Waals surface area contributed by atoms with Crippen LogP contribution < -0.4 is 5.32 Å². The molecular formula is C19H33NS. The molecule has 0 spiro atoms. The van der Waals surface area contributed by atoms with Gasteiger partial charge in [0.1, 0.15) is 0 Å². The second-order valence-corrected chi connectivity index (χ2v) is 9.05. The Bertz CT molecular complexity index is 427. The Morgan fingerprint density at radius 1 is 1.24 bits per heavy atom. The van der Waals surface area contributed by atoms with E-state index in [0.717, 1.165) is 12.0 Å². The molecule has 1 saturated carbocycles. The van der Waals surface area contributed by atoms with Crippen LogP contribution in [0.15, 0.2) is 12.1 Å². The van der Waals surface area contributed by atoms with Crippen molar-refractivity contribution in [3.63, 3.8) is 0 Å². The van der Waals surface area contributed by atoms with Gasteiger partial charge in [-0.05, 0) is 69.4 Å². The number of nitrogens with one attached hydrogen (secondary N) is 1. The molecule has 1 aromatic rings. The first-order valence-corrected chi connectivity index (χ1v) is 9.53. The van der Waals surface area contributed by atoms with E-state index in [0.29, 0.717) is 11.5 Å². The number of hydrogen-bond donors (Lipinski definition) is 1. The maximum absolute atomic E-state index is 3.87. The zero-order chi connectivity index (χ0) is 15.5. The van der Waals surface area contributed by atoms with E-state index in [9.17, 15) is 0 Å². The van der Waals surface area contributed by atoms with Crippen molar-refractivity contribution >= 4 is 11.3 Å². The van der Waals surface area contributed by atoms with E-state index in [4.69, 9.17) is 0 Å². The minimum Gasteiger partial charge on any atom is -0.311 e. The van der Waals surface area contributed by atoms with Crippen molar-refractivity contribution in [3.8, 4) is 0 Å². The van der Waals surface area contributed by atoms with Gasteiger partial charge >= 0.3 is 0 Å². The third-order valence-corrected chi connectivity index (χ3v) is 6.59. The van der Waals surface area contributed by atoms with Crippen LogP contribution in [0.1, 0.15) is 69.6 Å². The van der Waals surface area contributed by atoms with Crippen LogP contribution in [0, 0.1) is 18.3 Å². The maximum Gasteiger partial charge on any atom is 0.00896 e. The maximum atomic E-state index is 3.87. The summed E-state index contributed by atoms with van der Waals surface area (Å²) in [5.74, 6) is 0.927. The van der Waals surface area contributed by atoms with Gasteiger partial charge in [0, 0.05) is 21.8 Å². The molecule has 0 aromatic carbocycles. The molecule has 1 aliphatic carbocycles. The highest BCUT2D eigenvalue weighted by Crippen LogP contribution is 2.40. The van der Waals surface area contributed by atoms with Crippen LogP contribution in [-0.4, -0.2) is 12.1 Å². The molecule has 1 heterocycles. The summed E-state index contributed by atoms with van der Waals surface area (Å²) in [6, 6.07) is 5.87. The van der Waals surface area contributed by atoms with Crippen molar-refractivity contribution in [3.05, 3.63) is 21.9 Å². The van der Waals surface area contributed by atoms with E-state index in [1.807, 2.05) is 11.3 Å². The average Bonchev–Trinajstić information content (AvgIpc) is 2.84. The molecule has 0 bridgehead atoms. The lowest BCUT2D eigenvalue weighted by Crippen LogP contribution is -2.41. The average molecular weight is 308 g/mol. The lowest BCUT2D eigenvalue weighted by Gasteiger charge is -2.39. The van der Waals surface area contributed by atoms with E-state index >= 15 is 0 Å². The molecule has 1 N–H and O–H groups in total. The van der Waals surface area contributed by atoms with E-state index in [-0.39, 0.29) is 0 Å². The molecule has 21 heavy (non-hydrogen) atoms. The van der Waals surface area contributed by atoms with Gasteiger partial charge in [-0.15, -0.1) is 11.3 Å². The standard InChI is InChI=1S/C19H33NS/c1-6-19(4,5)16-8-10-17(11-9-16)20-14(2)13-18-12-7-15(3)21-18/h7,12,14,16-17,20H,6,8-11,13H2,1-5H3. The number of thiophene rings is 1. The highest BCUT2D eigenvalue weighted by atomic mass is 32.1. The van der Waals surface area contributed by atoms with Crippen molar-refractivity contribution in [2.24, 2.45) is 11.3 Å². The van der Waals surface area contributed by atoms with Gasteiger partial charge < -0.3 is 5.32 Å². The fourth-order valence-corrected chi connectivity index (χ4v) is 4.71. The molecule has 0 amide bonds. The predicted octanol–water partition coefficient (Wildman–Crippen LogP) is 5.57. The summed E-state index contributed by atoms with van der Waals surface area (Å²) in [6.07, 6.45) is 8.03. The third kappa shape index (κ3) is 4.82. The monoisotopic (exact) mass is 307 g/mol. The third-order valence-electron chi connectivity index (χ3n) is 5.57. The number of aryl methyl sites for hydroxylation is 1. The zero-order valence-corrected chi connectivity index (χ0v) is 15.4. The van der Waals surface area contributed by atoms with Gasteiger partial charge in [0.05, 0.1) is 0 Å². The first-order chi connectivity index (χ1) is 9.90. The molecule has 2 heteroatoms. The second kappa shape index (κ2) is 7.28. The minimum absolute atomic E-state index is 0.533. The summed E-state index contributed by atoms with van der Waals surface area (Å²) < 4.78 is 0. The van der Waals surface area contributed by atoms with Gasteiger partial charge in [-0.3, -0.25) is 0 Å². The van der Waals surface area contributed by atoms with Crippen LogP contribution in [0.2, 0.25) is 0 Å². The highest BCUT2D eigenvalue weighted by Gasteiger charge is 2.31. The van der Waals surface area contributed by atoms with Gasteiger partial charge in [0.25, 0.3) is 0 Å².